The van der Waals surface area contributed by atoms with Crippen LogP contribution in [0.25, 0.3) is 0 Å². The Morgan fingerprint density at radius 1 is 1.20 bits per heavy atom. The Hall–Kier alpha value is -1.59. The van der Waals surface area contributed by atoms with Crippen molar-refractivity contribution in [2.24, 2.45) is 10.7 Å². The molecule has 0 amide bonds. The molecule has 0 atom stereocenters. The van der Waals surface area contributed by atoms with Gasteiger partial charge in [-0.1, -0.05) is 24.3 Å². The van der Waals surface area contributed by atoms with E-state index in [0.29, 0.717) is 12.5 Å². The third kappa shape index (κ3) is 4.51. The van der Waals surface area contributed by atoms with Gasteiger partial charge in [-0.2, -0.15) is 0 Å². The molecule has 20 heavy (non-hydrogen) atoms. The quantitative estimate of drug-likeness (QED) is 0.655. The van der Waals surface area contributed by atoms with Crippen molar-refractivity contribution in [1.82, 2.24) is 9.80 Å². The fourth-order valence-corrected chi connectivity index (χ4v) is 2.18. The van der Waals surface area contributed by atoms with Gasteiger partial charge in [0.1, 0.15) is 0 Å². The monoisotopic (exact) mass is 276 g/mol. The van der Waals surface area contributed by atoms with Crippen molar-refractivity contribution in [2.75, 3.05) is 40.4 Å². The standard InChI is InChI=1S/C15H24N4O/c1-18(2)12-14-5-3-13(4-6-14)11-17-15(16)19-7-9-20-10-8-19/h3-6H,7-12H2,1-2H3,(H2,16,17). The van der Waals surface area contributed by atoms with Crippen LogP contribution in [0.3, 0.4) is 0 Å². The molecule has 0 aromatic heterocycles. The zero-order valence-electron chi connectivity index (χ0n) is 12.4. The first-order chi connectivity index (χ1) is 9.65. The summed E-state index contributed by atoms with van der Waals surface area (Å²) in [6.07, 6.45) is 0. The maximum Gasteiger partial charge on any atom is 0.191 e. The van der Waals surface area contributed by atoms with Gasteiger partial charge in [0.05, 0.1) is 19.8 Å². The first-order valence-electron chi connectivity index (χ1n) is 7.00. The summed E-state index contributed by atoms with van der Waals surface area (Å²) in [5.74, 6) is 0.616. The van der Waals surface area contributed by atoms with Gasteiger partial charge in [-0.25, -0.2) is 4.99 Å². The van der Waals surface area contributed by atoms with Gasteiger partial charge in [0, 0.05) is 19.6 Å². The molecule has 0 spiro atoms. The van der Waals surface area contributed by atoms with Crippen molar-refractivity contribution in [1.29, 1.82) is 0 Å². The number of ether oxygens (including phenoxy) is 1. The fraction of sp³-hybridized carbons (Fsp3) is 0.533. The number of morpholine rings is 1. The lowest BCUT2D eigenvalue weighted by molar-refractivity contribution is 0.0674. The first-order valence-corrected chi connectivity index (χ1v) is 7.00. The van der Waals surface area contributed by atoms with Crippen LogP contribution in [0.4, 0.5) is 0 Å². The molecule has 0 aliphatic carbocycles. The summed E-state index contributed by atoms with van der Waals surface area (Å²) in [5, 5.41) is 0. The van der Waals surface area contributed by atoms with E-state index in [1.54, 1.807) is 0 Å². The van der Waals surface area contributed by atoms with Crippen LogP contribution in [-0.4, -0.2) is 56.2 Å². The number of guanidine groups is 1. The molecule has 1 aromatic rings. The lowest BCUT2D eigenvalue weighted by atomic mass is 10.1. The number of hydrogen-bond acceptors (Lipinski definition) is 3. The van der Waals surface area contributed by atoms with Crippen LogP contribution < -0.4 is 5.73 Å². The van der Waals surface area contributed by atoms with Crippen molar-refractivity contribution in [2.45, 2.75) is 13.1 Å². The predicted octanol–water partition coefficient (Wildman–Crippen LogP) is 0.895. The van der Waals surface area contributed by atoms with Crippen LogP contribution in [-0.2, 0) is 17.8 Å². The van der Waals surface area contributed by atoms with Crippen LogP contribution >= 0.6 is 0 Å². The van der Waals surface area contributed by atoms with E-state index in [9.17, 15) is 0 Å². The van der Waals surface area contributed by atoms with E-state index in [0.717, 1.165) is 32.8 Å². The summed E-state index contributed by atoms with van der Waals surface area (Å²) in [5.41, 5.74) is 8.50. The fourth-order valence-electron chi connectivity index (χ4n) is 2.18. The molecule has 0 unspecified atom stereocenters. The molecule has 0 saturated carbocycles. The second-order valence-corrected chi connectivity index (χ2v) is 5.33. The summed E-state index contributed by atoms with van der Waals surface area (Å²) < 4.78 is 5.30. The van der Waals surface area contributed by atoms with Crippen LogP contribution in [0, 0.1) is 0 Å². The Morgan fingerprint density at radius 2 is 1.80 bits per heavy atom. The molecule has 5 heteroatoms. The van der Waals surface area contributed by atoms with Crippen LogP contribution in [0.1, 0.15) is 11.1 Å². The highest BCUT2D eigenvalue weighted by molar-refractivity contribution is 5.78. The molecule has 0 radical (unpaired) electrons. The molecule has 1 aromatic carbocycles. The maximum absolute atomic E-state index is 6.01. The first kappa shape index (κ1) is 14.8. The Balaban J connectivity index is 1.89. The Morgan fingerprint density at radius 3 is 2.40 bits per heavy atom. The molecule has 0 bridgehead atoms. The molecule has 1 saturated heterocycles. The lowest BCUT2D eigenvalue weighted by Gasteiger charge is -2.27. The number of aliphatic imine (C=N–C) groups is 1. The van der Waals surface area contributed by atoms with Crippen molar-refractivity contribution < 1.29 is 4.74 Å². The van der Waals surface area contributed by atoms with E-state index >= 15 is 0 Å². The number of hydrogen-bond donors (Lipinski definition) is 1. The number of rotatable bonds is 4. The molecule has 1 fully saturated rings. The highest BCUT2D eigenvalue weighted by Crippen LogP contribution is 2.07. The van der Waals surface area contributed by atoms with Gasteiger partial charge in [0.15, 0.2) is 5.96 Å². The number of benzene rings is 1. The van der Waals surface area contributed by atoms with Gasteiger partial charge in [0.25, 0.3) is 0 Å². The molecule has 110 valence electrons. The molecule has 2 N–H and O–H groups in total. The van der Waals surface area contributed by atoms with E-state index in [2.05, 4.69) is 53.2 Å². The number of nitrogens with zero attached hydrogens (tertiary/aromatic N) is 3. The zero-order chi connectivity index (χ0) is 14.4. The van der Waals surface area contributed by atoms with Crippen LogP contribution in [0.15, 0.2) is 29.3 Å². The minimum absolute atomic E-state index is 0.616. The molecule has 2 rings (SSSR count). The van der Waals surface area contributed by atoms with Gasteiger partial charge < -0.3 is 20.3 Å². The van der Waals surface area contributed by atoms with Gasteiger partial charge in [0.2, 0.25) is 0 Å². The zero-order valence-corrected chi connectivity index (χ0v) is 12.4. The summed E-state index contributed by atoms with van der Waals surface area (Å²) in [6, 6.07) is 8.54. The summed E-state index contributed by atoms with van der Waals surface area (Å²) in [6.45, 7) is 4.71. The van der Waals surface area contributed by atoms with Crippen molar-refractivity contribution in [3.63, 3.8) is 0 Å². The second kappa shape index (κ2) is 7.26. The third-order valence-electron chi connectivity index (χ3n) is 3.28. The minimum atomic E-state index is 0.616. The van der Waals surface area contributed by atoms with E-state index < -0.39 is 0 Å². The van der Waals surface area contributed by atoms with Crippen LogP contribution in [0.2, 0.25) is 0 Å². The largest absolute Gasteiger partial charge is 0.378 e. The molecular formula is C15H24N4O. The van der Waals surface area contributed by atoms with Gasteiger partial charge in [-0.05, 0) is 25.2 Å². The van der Waals surface area contributed by atoms with E-state index in [4.69, 9.17) is 10.5 Å². The normalized spacial score (nSPS) is 16.8. The highest BCUT2D eigenvalue weighted by atomic mass is 16.5. The minimum Gasteiger partial charge on any atom is -0.378 e. The van der Waals surface area contributed by atoms with Crippen molar-refractivity contribution in [3.8, 4) is 0 Å². The summed E-state index contributed by atoms with van der Waals surface area (Å²) in [4.78, 5) is 8.69. The van der Waals surface area contributed by atoms with Gasteiger partial charge >= 0.3 is 0 Å². The Bertz CT molecular complexity index is 436. The van der Waals surface area contributed by atoms with Crippen LogP contribution in [0.5, 0.6) is 0 Å². The van der Waals surface area contributed by atoms with E-state index in [1.807, 2.05) is 0 Å². The second-order valence-electron chi connectivity index (χ2n) is 5.33. The lowest BCUT2D eigenvalue weighted by Crippen LogP contribution is -2.44. The Kier molecular flexibility index (Phi) is 5.38. The smallest absolute Gasteiger partial charge is 0.191 e. The topological polar surface area (TPSA) is 54.1 Å². The highest BCUT2D eigenvalue weighted by Gasteiger charge is 2.11. The average Bonchev–Trinajstić information content (AvgIpc) is 2.46. The molecule has 1 aliphatic rings. The SMILES string of the molecule is CN(C)Cc1ccc(CN=C(N)N2CCOCC2)cc1. The third-order valence-corrected chi connectivity index (χ3v) is 3.28. The summed E-state index contributed by atoms with van der Waals surface area (Å²) >= 11 is 0. The average molecular weight is 276 g/mol. The molecule has 1 heterocycles. The Labute approximate surface area is 121 Å². The van der Waals surface area contributed by atoms with E-state index in [1.165, 1.54) is 11.1 Å². The summed E-state index contributed by atoms with van der Waals surface area (Å²) in [7, 11) is 4.14. The molecular weight excluding hydrogens is 252 g/mol. The predicted molar refractivity (Wildman–Crippen MR) is 81.6 cm³/mol. The number of nitrogens with two attached hydrogens (primary N) is 1. The van der Waals surface area contributed by atoms with Gasteiger partial charge in [-0.3, -0.25) is 0 Å². The molecule has 5 nitrogen and oxygen atoms in total. The van der Waals surface area contributed by atoms with Crippen molar-refractivity contribution in [3.05, 3.63) is 35.4 Å². The van der Waals surface area contributed by atoms with E-state index in [-0.39, 0.29) is 0 Å². The van der Waals surface area contributed by atoms with Gasteiger partial charge in [-0.15, -0.1) is 0 Å². The maximum atomic E-state index is 6.01. The molecule has 1 aliphatic heterocycles. The van der Waals surface area contributed by atoms with Crippen molar-refractivity contribution >= 4 is 5.96 Å².